The van der Waals surface area contributed by atoms with Crippen molar-refractivity contribution in [2.75, 3.05) is 31.5 Å². The molecule has 2 aliphatic heterocycles. The summed E-state index contributed by atoms with van der Waals surface area (Å²) in [4.78, 5) is 12.6. The molecule has 0 bridgehead atoms. The van der Waals surface area contributed by atoms with Gasteiger partial charge in [-0.1, -0.05) is 48.5 Å². The van der Waals surface area contributed by atoms with E-state index in [0.29, 0.717) is 23.2 Å². The molecule has 0 fully saturated rings. The minimum atomic E-state index is -0.296. The van der Waals surface area contributed by atoms with Gasteiger partial charge in [0.05, 0.1) is 50.1 Å². The number of aromatic nitrogens is 2. The summed E-state index contributed by atoms with van der Waals surface area (Å²) < 4.78 is 18.9. The molecule has 0 unspecified atom stereocenters. The quantitative estimate of drug-likeness (QED) is 0.237. The van der Waals surface area contributed by atoms with Gasteiger partial charge in [-0.15, -0.1) is 0 Å². The van der Waals surface area contributed by atoms with Crippen molar-refractivity contribution in [1.82, 2.24) is 9.78 Å². The van der Waals surface area contributed by atoms with E-state index in [1.165, 1.54) is 0 Å². The third kappa shape index (κ3) is 4.37. The van der Waals surface area contributed by atoms with E-state index in [4.69, 9.17) is 29.3 Å². The van der Waals surface area contributed by atoms with Gasteiger partial charge in [-0.05, 0) is 49.4 Å². The second-order valence-electron chi connectivity index (χ2n) is 10.2. The van der Waals surface area contributed by atoms with Crippen LogP contribution in [0.2, 0.25) is 0 Å². The fourth-order valence-corrected chi connectivity index (χ4v) is 5.78. The molecule has 0 radical (unpaired) electrons. The van der Waals surface area contributed by atoms with Crippen molar-refractivity contribution >= 4 is 34.6 Å². The average molecular weight is 571 g/mol. The number of ether oxygens (including phenoxy) is 3. The third-order valence-corrected chi connectivity index (χ3v) is 7.72. The van der Waals surface area contributed by atoms with Gasteiger partial charge in [0.25, 0.3) is 0 Å². The van der Waals surface area contributed by atoms with Crippen LogP contribution >= 0.6 is 0 Å². The molecule has 0 saturated carbocycles. The van der Waals surface area contributed by atoms with Gasteiger partial charge in [-0.25, -0.2) is 14.7 Å². The maximum atomic E-state index is 5.92. The zero-order valence-corrected chi connectivity index (χ0v) is 24.3. The molecular formula is C34H30N6O3. The molecule has 2 aliphatic rings. The van der Waals surface area contributed by atoms with Gasteiger partial charge >= 0.3 is 0 Å². The number of methoxy groups -OCH3 is 3. The van der Waals surface area contributed by atoms with Crippen LogP contribution in [0, 0.1) is 6.92 Å². The minimum Gasteiger partial charge on any atom is -0.496 e. The summed E-state index contributed by atoms with van der Waals surface area (Å²) >= 11 is 0. The van der Waals surface area contributed by atoms with Crippen LogP contribution in [0.5, 0.6) is 17.2 Å². The summed E-state index contributed by atoms with van der Waals surface area (Å²) in [5.41, 5.74) is 6.34. The van der Waals surface area contributed by atoms with Gasteiger partial charge in [0.2, 0.25) is 0 Å². The topological polar surface area (TPSA) is 85.5 Å². The third-order valence-electron chi connectivity index (χ3n) is 7.72. The Bertz CT molecular complexity index is 1900. The Hall–Kier alpha value is -5.57. The van der Waals surface area contributed by atoms with Crippen molar-refractivity contribution in [3.8, 4) is 22.9 Å². The highest BCUT2D eigenvalue weighted by Crippen LogP contribution is 2.49. The summed E-state index contributed by atoms with van der Waals surface area (Å²) in [5, 5.41) is 8.54. The highest BCUT2D eigenvalue weighted by atomic mass is 16.5. The number of nitrogens with zero attached hydrogens (tertiary/aromatic N) is 5. The van der Waals surface area contributed by atoms with Crippen LogP contribution in [0.4, 0.5) is 22.9 Å². The number of nitrogens with one attached hydrogen (secondary N) is 1. The molecule has 0 spiro atoms. The second kappa shape index (κ2) is 10.7. The highest BCUT2D eigenvalue weighted by Gasteiger charge is 2.42. The number of para-hydroxylation sites is 4. The Morgan fingerprint density at radius 1 is 0.721 bits per heavy atom. The van der Waals surface area contributed by atoms with Gasteiger partial charge < -0.3 is 24.4 Å². The molecule has 7 rings (SSSR count). The lowest BCUT2D eigenvalue weighted by Crippen LogP contribution is -2.46. The fourth-order valence-electron chi connectivity index (χ4n) is 5.78. The number of aliphatic imine (C=N–C) groups is 2. The molecule has 5 aromatic rings. The van der Waals surface area contributed by atoms with E-state index in [0.717, 1.165) is 51.1 Å². The predicted octanol–water partition coefficient (Wildman–Crippen LogP) is 7.00. The van der Waals surface area contributed by atoms with Crippen molar-refractivity contribution in [2.45, 2.75) is 13.0 Å². The van der Waals surface area contributed by atoms with Gasteiger partial charge in [0.1, 0.15) is 5.75 Å². The molecule has 1 aromatic heterocycles. The SMILES string of the molecule is COc1ccc(NC2=Nc3ccccc3N3C2=Nc2c(c(C)nn2-c2ccccc2)[C@H]3c2ccccc2OC)cc1OC. The van der Waals surface area contributed by atoms with Crippen LogP contribution < -0.4 is 24.4 Å². The molecule has 3 heterocycles. The normalized spacial score (nSPS) is 15.0. The zero-order chi connectivity index (χ0) is 29.5. The Kier molecular flexibility index (Phi) is 6.54. The molecule has 0 saturated heterocycles. The minimum absolute atomic E-state index is 0.296. The molecule has 43 heavy (non-hydrogen) atoms. The first-order valence-electron chi connectivity index (χ1n) is 13.9. The van der Waals surface area contributed by atoms with Crippen LogP contribution in [0.3, 0.4) is 0 Å². The van der Waals surface area contributed by atoms with E-state index in [-0.39, 0.29) is 6.04 Å². The van der Waals surface area contributed by atoms with Crippen LogP contribution in [0.25, 0.3) is 5.69 Å². The molecule has 1 atom stereocenters. The second-order valence-corrected chi connectivity index (χ2v) is 10.2. The number of aryl methyl sites for hydroxylation is 1. The standard InChI is InChI=1S/C34H30N6O3/c1-21-30-31(24-14-8-11-17-27(24)41-2)39-26-16-10-9-15-25(26)36-32(35-22-18-19-28(42-3)29(20-22)43-4)34(39)37-33(30)40(38-21)23-12-6-5-7-13-23/h5-20,31H,1-4H3,(H,35,36)/t31-/m1/s1. The predicted molar refractivity (Wildman–Crippen MR) is 169 cm³/mol. The van der Waals surface area contributed by atoms with E-state index in [1.807, 2.05) is 96.5 Å². The van der Waals surface area contributed by atoms with Crippen LogP contribution in [-0.2, 0) is 0 Å². The maximum Gasteiger partial charge on any atom is 0.179 e. The maximum absolute atomic E-state index is 5.92. The lowest BCUT2D eigenvalue weighted by molar-refractivity contribution is 0.355. The molecule has 1 N–H and O–H groups in total. The number of hydrogen-bond donors (Lipinski definition) is 1. The number of anilines is 2. The van der Waals surface area contributed by atoms with E-state index < -0.39 is 0 Å². The molecule has 4 aromatic carbocycles. The van der Waals surface area contributed by atoms with Crippen molar-refractivity contribution in [3.63, 3.8) is 0 Å². The van der Waals surface area contributed by atoms with Crippen LogP contribution in [-0.4, -0.2) is 42.8 Å². The number of rotatable bonds is 6. The van der Waals surface area contributed by atoms with Crippen molar-refractivity contribution in [1.29, 1.82) is 0 Å². The van der Waals surface area contributed by atoms with Gasteiger partial charge in [0, 0.05) is 22.9 Å². The summed E-state index contributed by atoms with van der Waals surface area (Å²) in [6.45, 7) is 2.04. The molecule has 0 amide bonds. The Morgan fingerprint density at radius 2 is 1.44 bits per heavy atom. The average Bonchev–Trinajstić information content (AvgIpc) is 3.39. The van der Waals surface area contributed by atoms with E-state index in [2.05, 4.69) is 22.3 Å². The van der Waals surface area contributed by atoms with Crippen molar-refractivity contribution < 1.29 is 14.2 Å². The molecule has 0 aliphatic carbocycles. The van der Waals surface area contributed by atoms with Crippen molar-refractivity contribution in [2.24, 2.45) is 9.98 Å². The molecule has 9 nitrogen and oxygen atoms in total. The number of hydrogen-bond acceptors (Lipinski definition) is 8. The Balaban J connectivity index is 1.48. The van der Waals surface area contributed by atoms with Crippen LogP contribution in [0.1, 0.15) is 22.9 Å². The summed E-state index contributed by atoms with van der Waals surface area (Å²) in [7, 11) is 4.94. The molecule has 9 heteroatoms. The molecular weight excluding hydrogens is 540 g/mol. The lowest BCUT2D eigenvalue weighted by Gasteiger charge is -2.41. The van der Waals surface area contributed by atoms with E-state index in [1.54, 1.807) is 21.3 Å². The van der Waals surface area contributed by atoms with Gasteiger partial charge in [0.15, 0.2) is 29.0 Å². The number of benzene rings is 4. The first-order chi connectivity index (χ1) is 21.1. The first kappa shape index (κ1) is 26.3. The number of fused-ring (bicyclic) bond motifs is 4. The monoisotopic (exact) mass is 570 g/mol. The van der Waals surface area contributed by atoms with Crippen LogP contribution in [0.15, 0.2) is 107 Å². The Labute approximate surface area is 249 Å². The summed E-state index contributed by atoms with van der Waals surface area (Å²) in [5.74, 6) is 4.03. The highest BCUT2D eigenvalue weighted by molar-refractivity contribution is 6.51. The largest absolute Gasteiger partial charge is 0.496 e. The van der Waals surface area contributed by atoms with Gasteiger partial charge in [-0.3, -0.25) is 0 Å². The fraction of sp³-hybridized carbons (Fsp3) is 0.147. The van der Waals surface area contributed by atoms with E-state index >= 15 is 0 Å². The Morgan fingerprint density at radius 3 is 2.23 bits per heavy atom. The zero-order valence-electron chi connectivity index (χ0n) is 24.3. The van der Waals surface area contributed by atoms with Gasteiger partial charge in [-0.2, -0.15) is 5.10 Å². The lowest BCUT2D eigenvalue weighted by atomic mass is 9.92. The summed E-state index contributed by atoms with van der Waals surface area (Å²) in [6, 6.07) is 31.7. The number of amidine groups is 2. The van der Waals surface area contributed by atoms with Crippen molar-refractivity contribution in [3.05, 3.63) is 114 Å². The smallest absolute Gasteiger partial charge is 0.179 e. The summed E-state index contributed by atoms with van der Waals surface area (Å²) in [6.07, 6.45) is 0. The first-order valence-corrected chi connectivity index (χ1v) is 13.9. The van der Waals surface area contributed by atoms with E-state index in [9.17, 15) is 0 Å². The molecule has 214 valence electrons.